The first-order valence-electron chi connectivity index (χ1n) is 7.38. The lowest BCUT2D eigenvalue weighted by atomic mass is 10.2. The maximum atomic E-state index is 11.7. The van der Waals surface area contributed by atoms with Gasteiger partial charge in [0.05, 0.1) is 12.6 Å². The topological polar surface area (TPSA) is 76.2 Å². The second-order valence-electron chi connectivity index (χ2n) is 5.17. The molecule has 0 saturated heterocycles. The number of fused-ring (bicyclic) bond motifs is 1. The molecule has 2 aromatic rings. The first-order chi connectivity index (χ1) is 10.6. The third-order valence-electron chi connectivity index (χ3n) is 3.61. The van der Waals surface area contributed by atoms with Gasteiger partial charge >= 0.3 is 0 Å². The van der Waals surface area contributed by atoms with Crippen LogP contribution in [-0.4, -0.2) is 22.7 Å². The minimum Gasteiger partial charge on any atom is -0.497 e. The number of aryl methyl sites for hydroxylation is 1. The number of aromatic hydroxyl groups is 1. The molecule has 1 N–H and O–H groups in total. The van der Waals surface area contributed by atoms with Gasteiger partial charge in [0, 0.05) is 18.9 Å². The fourth-order valence-corrected chi connectivity index (χ4v) is 2.30. The van der Waals surface area contributed by atoms with E-state index < -0.39 is 0 Å². The summed E-state index contributed by atoms with van der Waals surface area (Å²) in [5, 5.41) is 18.5. The zero-order valence-electron chi connectivity index (χ0n) is 13.2. The zero-order valence-corrected chi connectivity index (χ0v) is 13.2. The van der Waals surface area contributed by atoms with E-state index in [1.807, 2.05) is 6.07 Å². The van der Waals surface area contributed by atoms with E-state index in [1.165, 1.54) is 0 Å². The fraction of sp³-hybridized carbons (Fsp3) is 0.438. The molecule has 0 spiro atoms. The minimum absolute atomic E-state index is 0.0200. The number of carbonyl (C=O) groups is 1. The van der Waals surface area contributed by atoms with E-state index in [9.17, 15) is 9.90 Å². The van der Waals surface area contributed by atoms with Crippen molar-refractivity contribution < 1.29 is 14.6 Å². The summed E-state index contributed by atoms with van der Waals surface area (Å²) in [5.74, 6) is 0.366. The van der Waals surface area contributed by atoms with Crippen LogP contribution < -0.4 is 4.74 Å². The van der Waals surface area contributed by atoms with E-state index in [0.717, 1.165) is 24.8 Å². The summed E-state index contributed by atoms with van der Waals surface area (Å²) in [7, 11) is 3.30. The molecule has 118 valence electrons. The number of nitrogens with zero attached hydrogens (tertiary/aromatic N) is 3. The normalized spacial score (nSPS) is 11.4. The van der Waals surface area contributed by atoms with Crippen LogP contribution >= 0.6 is 0 Å². The molecule has 0 atom stereocenters. The van der Waals surface area contributed by atoms with E-state index in [4.69, 9.17) is 4.74 Å². The van der Waals surface area contributed by atoms with Gasteiger partial charge < -0.3 is 14.4 Å². The van der Waals surface area contributed by atoms with Crippen molar-refractivity contribution in [3.05, 3.63) is 18.2 Å². The van der Waals surface area contributed by atoms with Crippen molar-refractivity contribution in [1.29, 1.82) is 0 Å². The molecule has 1 amide bonds. The van der Waals surface area contributed by atoms with Gasteiger partial charge in [-0.05, 0) is 24.6 Å². The molecule has 1 heterocycles. The fourth-order valence-electron chi connectivity index (χ4n) is 2.30. The number of unbranched alkanes of at least 4 members (excludes halogenated alkanes) is 2. The van der Waals surface area contributed by atoms with Crippen molar-refractivity contribution in [1.82, 2.24) is 4.57 Å². The van der Waals surface area contributed by atoms with Gasteiger partial charge in [0.1, 0.15) is 5.75 Å². The molecule has 0 fully saturated rings. The highest BCUT2D eigenvalue weighted by Crippen LogP contribution is 2.39. The Bertz CT molecular complexity index is 704. The molecule has 0 aliphatic heterocycles. The van der Waals surface area contributed by atoms with Crippen molar-refractivity contribution in [3.63, 3.8) is 0 Å². The molecule has 22 heavy (non-hydrogen) atoms. The second kappa shape index (κ2) is 7.06. The number of amides is 1. The number of benzene rings is 1. The lowest BCUT2D eigenvalue weighted by Gasteiger charge is -2.00. The summed E-state index contributed by atoms with van der Waals surface area (Å²) in [5.41, 5.74) is 1.09. The number of azo groups is 1. The molecular weight excluding hydrogens is 282 g/mol. The Morgan fingerprint density at radius 3 is 2.82 bits per heavy atom. The molecule has 0 saturated carbocycles. The number of ether oxygens (including phenoxy) is 1. The van der Waals surface area contributed by atoms with E-state index in [0.29, 0.717) is 23.2 Å². The maximum Gasteiger partial charge on any atom is 0.264 e. The van der Waals surface area contributed by atoms with E-state index in [-0.39, 0.29) is 11.8 Å². The number of aromatic nitrogens is 1. The van der Waals surface area contributed by atoms with Crippen molar-refractivity contribution in [2.75, 3.05) is 7.11 Å². The van der Waals surface area contributed by atoms with Gasteiger partial charge in [-0.15, -0.1) is 10.2 Å². The van der Waals surface area contributed by atoms with Crippen LogP contribution in [0, 0.1) is 0 Å². The molecule has 6 nitrogen and oxygen atoms in total. The van der Waals surface area contributed by atoms with Gasteiger partial charge in [0.2, 0.25) is 5.88 Å². The lowest BCUT2D eigenvalue weighted by molar-refractivity contribution is -0.118. The molecule has 6 heteroatoms. The van der Waals surface area contributed by atoms with Crippen LogP contribution in [0.2, 0.25) is 0 Å². The average molecular weight is 303 g/mol. The molecule has 1 aromatic carbocycles. The summed E-state index contributed by atoms with van der Waals surface area (Å²) in [4.78, 5) is 11.7. The monoisotopic (exact) mass is 303 g/mol. The van der Waals surface area contributed by atoms with Crippen LogP contribution in [0.25, 0.3) is 10.9 Å². The summed E-state index contributed by atoms with van der Waals surface area (Å²) >= 11 is 0. The largest absolute Gasteiger partial charge is 0.497 e. The predicted octanol–water partition coefficient (Wildman–Crippen LogP) is 4.08. The Hall–Kier alpha value is -2.37. The SMILES string of the molecule is CCCCCC(=O)N=Nc1c(O)n(C)c2ccc(OC)cc12. The lowest BCUT2D eigenvalue weighted by Crippen LogP contribution is -1.91. The van der Waals surface area contributed by atoms with Crippen molar-refractivity contribution >= 4 is 22.5 Å². The minimum atomic E-state index is -0.271. The Morgan fingerprint density at radius 1 is 1.36 bits per heavy atom. The summed E-state index contributed by atoms with van der Waals surface area (Å²) in [6.07, 6.45) is 3.24. The van der Waals surface area contributed by atoms with Crippen LogP contribution in [0.3, 0.4) is 0 Å². The van der Waals surface area contributed by atoms with Gasteiger partial charge in [0.15, 0.2) is 5.69 Å². The van der Waals surface area contributed by atoms with E-state index in [1.54, 1.807) is 30.9 Å². The summed E-state index contributed by atoms with van der Waals surface area (Å²) in [6.45, 7) is 2.08. The molecule has 1 aromatic heterocycles. The highest BCUT2D eigenvalue weighted by atomic mass is 16.5. The number of hydrogen-bond acceptors (Lipinski definition) is 4. The summed E-state index contributed by atoms with van der Waals surface area (Å²) in [6, 6.07) is 5.40. The first kappa shape index (κ1) is 16.0. The highest BCUT2D eigenvalue weighted by Gasteiger charge is 2.15. The number of carbonyl (C=O) groups excluding carboxylic acids is 1. The first-order valence-corrected chi connectivity index (χ1v) is 7.38. The molecule has 0 unspecified atom stereocenters. The molecule has 0 radical (unpaired) electrons. The highest BCUT2D eigenvalue weighted by molar-refractivity contribution is 5.96. The molecule has 2 rings (SSSR count). The van der Waals surface area contributed by atoms with E-state index >= 15 is 0 Å². The van der Waals surface area contributed by atoms with Gasteiger partial charge in [0.25, 0.3) is 5.91 Å². The Morgan fingerprint density at radius 2 is 2.14 bits per heavy atom. The molecular formula is C16H21N3O3. The van der Waals surface area contributed by atoms with Crippen LogP contribution in [0.5, 0.6) is 11.6 Å². The summed E-state index contributed by atoms with van der Waals surface area (Å²) < 4.78 is 6.79. The van der Waals surface area contributed by atoms with E-state index in [2.05, 4.69) is 17.2 Å². The molecule has 0 aliphatic rings. The van der Waals surface area contributed by atoms with Crippen LogP contribution in [0.15, 0.2) is 28.4 Å². The number of hydrogen-bond donors (Lipinski definition) is 1. The van der Waals surface area contributed by atoms with Gasteiger partial charge in [-0.2, -0.15) is 0 Å². The van der Waals surface area contributed by atoms with Crippen LogP contribution in [0.1, 0.15) is 32.6 Å². The standard InChI is InChI=1S/C16H21N3O3/c1-4-5-6-7-14(20)17-18-15-12-10-11(22-3)8-9-13(12)19(2)16(15)21/h8-10,21H,4-7H2,1-3H3. The van der Waals surface area contributed by atoms with Gasteiger partial charge in [-0.1, -0.05) is 19.8 Å². The number of rotatable bonds is 6. The van der Waals surface area contributed by atoms with Crippen LogP contribution in [-0.2, 0) is 11.8 Å². The maximum absolute atomic E-state index is 11.7. The quantitative estimate of drug-likeness (QED) is 0.645. The van der Waals surface area contributed by atoms with Crippen molar-refractivity contribution in [2.24, 2.45) is 17.3 Å². The van der Waals surface area contributed by atoms with Crippen molar-refractivity contribution in [2.45, 2.75) is 32.6 Å². The molecule has 0 bridgehead atoms. The van der Waals surface area contributed by atoms with Crippen molar-refractivity contribution in [3.8, 4) is 11.6 Å². The average Bonchev–Trinajstić information content (AvgIpc) is 2.76. The smallest absolute Gasteiger partial charge is 0.264 e. The third kappa shape index (κ3) is 3.27. The zero-order chi connectivity index (χ0) is 16.1. The Balaban J connectivity index is 2.30. The predicted molar refractivity (Wildman–Crippen MR) is 84.8 cm³/mol. The molecule has 0 aliphatic carbocycles. The Labute approximate surface area is 129 Å². The Kier molecular flexibility index (Phi) is 5.14. The van der Waals surface area contributed by atoms with Gasteiger partial charge in [-0.25, -0.2) is 0 Å². The number of methoxy groups -OCH3 is 1. The second-order valence-corrected chi connectivity index (χ2v) is 5.17. The third-order valence-corrected chi connectivity index (χ3v) is 3.61. The van der Waals surface area contributed by atoms with Crippen LogP contribution in [0.4, 0.5) is 5.69 Å². The van der Waals surface area contributed by atoms with Gasteiger partial charge in [-0.3, -0.25) is 4.79 Å².